The van der Waals surface area contributed by atoms with Crippen molar-refractivity contribution < 1.29 is 13.6 Å². The molecule has 3 heterocycles. The molecule has 2 unspecified atom stereocenters. The van der Waals surface area contributed by atoms with E-state index in [1.165, 1.54) is 17.5 Å². The summed E-state index contributed by atoms with van der Waals surface area (Å²) in [6.07, 6.45) is 1.65. The van der Waals surface area contributed by atoms with Crippen molar-refractivity contribution >= 4 is 21.8 Å². The lowest BCUT2D eigenvalue weighted by atomic mass is 9.98. The van der Waals surface area contributed by atoms with E-state index in [0.717, 1.165) is 12.8 Å². The highest BCUT2D eigenvalue weighted by Crippen LogP contribution is 2.34. The molecule has 1 N–H and O–H groups in total. The molecule has 0 saturated carbocycles. The van der Waals surface area contributed by atoms with E-state index in [2.05, 4.69) is 38.3 Å². The summed E-state index contributed by atoms with van der Waals surface area (Å²) >= 11 is 3.12. The van der Waals surface area contributed by atoms with Crippen LogP contribution < -0.4 is 5.32 Å². The fourth-order valence-electron chi connectivity index (χ4n) is 3.78. The summed E-state index contributed by atoms with van der Waals surface area (Å²) in [6, 6.07) is 1.26. The van der Waals surface area contributed by atoms with Crippen molar-refractivity contribution in [2.45, 2.75) is 63.7 Å². The van der Waals surface area contributed by atoms with Gasteiger partial charge in [0.25, 0.3) is 6.43 Å². The van der Waals surface area contributed by atoms with Gasteiger partial charge in [0.1, 0.15) is 12.2 Å². The number of halogens is 3. The number of carbonyl (C=O) groups is 1. The summed E-state index contributed by atoms with van der Waals surface area (Å²) in [4.78, 5) is 14.7. The highest BCUT2D eigenvalue weighted by Gasteiger charge is 2.38. The number of rotatable bonds is 4. The Morgan fingerprint density at radius 3 is 2.52 bits per heavy atom. The van der Waals surface area contributed by atoms with Gasteiger partial charge in [-0.25, -0.2) is 8.78 Å². The molecular weight excluding hydrogens is 370 g/mol. The van der Waals surface area contributed by atoms with E-state index in [-0.39, 0.29) is 28.7 Å². The Balaban J connectivity index is 1.61. The Morgan fingerprint density at radius 2 is 2.00 bits per heavy atom. The number of hydrogen-bond acceptors (Lipinski definition) is 3. The maximum atomic E-state index is 12.9. The molecule has 3 rings (SSSR count). The first-order chi connectivity index (χ1) is 10.9. The van der Waals surface area contributed by atoms with Gasteiger partial charge in [0.05, 0.1) is 10.2 Å². The predicted octanol–water partition coefficient (Wildman–Crippen LogP) is 2.63. The number of aromatic nitrogens is 2. The molecule has 23 heavy (non-hydrogen) atoms. The Labute approximate surface area is 142 Å². The molecule has 2 bridgehead atoms. The molecule has 2 saturated heterocycles. The lowest BCUT2D eigenvalue weighted by Crippen LogP contribution is -2.49. The van der Waals surface area contributed by atoms with Crippen LogP contribution in [0.25, 0.3) is 0 Å². The summed E-state index contributed by atoms with van der Waals surface area (Å²) in [5.74, 6) is -0.169. The maximum Gasteiger partial charge on any atom is 0.283 e. The van der Waals surface area contributed by atoms with Gasteiger partial charge in [-0.05, 0) is 55.6 Å². The summed E-state index contributed by atoms with van der Waals surface area (Å²) in [5.41, 5.74) is 0.228. The number of carbonyl (C=O) groups excluding carboxylic acids is 1. The number of hydrogen-bond donors (Lipinski definition) is 1. The van der Waals surface area contributed by atoms with Crippen LogP contribution in [-0.4, -0.2) is 45.8 Å². The minimum Gasteiger partial charge on any atom is -0.352 e. The second kappa shape index (κ2) is 6.47. The zero-order valence-electron chi connectivity index (χ0n) is 13.2. The molecule has 128 valence electrons. The molecule has 2 aliphatic heterocycles. The van der Waals surface area contributed by atoms with Gasteiger partial charge in [-0.2, -0.15) is 5.10 Å². The Morgan fingerprint density at radius 1 is 1.39 bits per heavy atom. The first-order valence-corrected chi connectivity index (χ1v) is 8.68. The first kappa shape index (κ1) is 16.8. The molecule has 1 aromatic heterocycles. The third-order valence-corrected chi connectivity index (χ3v) is 6.10. The average molecular weight is 391 g/mol. The molecule has 0 spiro atoms. The zero-order valence-corrected chi connectivity index (χ0v) is 14.8. The van der Waals surface area contributed by atoms with Gasteiger partial charge < -0.3 is 10.2 Å². The van der Waals surface area contributed by atoms with Crippen LogP contribution in [0.4, 0.5) is 8.78 Å². The summed E-state index contributed by atoms with van der Waals surface area (Å²) in [5, 5.41) is 6.89. The summed E-state index contributed by atoms with van der Waals surface area (Å²) in [6.45, 7) is 1.64. The third-order valence-electron chi connectivity index (χ3n) is 5.12. The second-order valence-electron chi connectivity index (χ2n) is 6.53. The van der Waals surface area contributed by atoms with Crippen LogP contribution in [0.15, 0.2) is 4.47 Å². The molecule has 2 atom stereocenters. The molecular formula is C15H21BrF2N4O. The summed E-state index contributed by atoms with van der Waals surface area (Å²) in [7, 11) is 2.15. The normalized spacial score (nSPS) is 27.7. The van der Waals surface area contributed by atoms with Crippen molar-refractivity contribution in [3.05, 3.63) is 15.9 Å². The molecule has 2 aliphatic rings. The lowest BCUT2D eigenvalue weighted by molar-refractivity contribution is -0.123. The predicted molar refractivity (Wildman–Crippen MR) is 85.4 cm³/mol. The second-order valence-corrected chi connectivity index (χ2v) is 7.32. The van der Waals surface area contributed by atoms with Gasteiger partial charge in [0, 0.05) is 18.1 Å². The fraction of sp³-hybridized carbons (Fsp3) is 0.733. The van der Waals surface area contributed by atoms with Gasteiger partial charge in [-0.3, -0.25) is 9.48 Å². The lowest BCUT2D eigenvalue weighted by Gasteiger charge is -2.36. The monoisotopic (exact) mass is 390 g/mol. The maximum absolute atomic E-state index is 12.9. The molecule has 1 amide bonds. The van der Waals surface area contributed by atoms with Crippen molar-refractivity contribution in [2.24, 2.45) is 0 Å². The highest BCUT2D eigenvalue weighted by atomic mass is 79.9. The quantitative estimate of drug-likeness (QED) is 0.859. The number of nitrogens with one attached hydrogen (secondary N) is 1. The molecule has 0 radical (unpaired) electrons. The van der Waals surface area contributed by atoms with E-state index in [4.69, 9.17) is 0 Å². The van der Waals surface area contributed by atoms with Gasteiger partial charge in [0.15, 0.2) is 0 Å². The molecule has 0 aliphatic carbocycles. The topological polar surface area (TPSA) is 50.2 Å². The third kappa shape index (κ3) is 3.28. The van der Waals surface area contributed by atoms with Gasteiger partial charge in [-0.15, -0.1) is 0 Å². The number of amides is 1. The smallest absolute Gasteiger partial charge is 0.283 e. The average Bonchev–Trinajstić information content (AvgIpc) is 2.86. The van der Waals surface area contributed by atoms with Crippen molar-refractivity contribution in [3.63, 3.8) is 0 Å². The van der Waals surface area contributed by atoms with Crippen LogP contribution in [0.2, 0.25) is 0 Å². The van der Waals surface area contributed by atoms with Gasteiger partial charge in [0.2, 0.25) is 5.91 Å². The highest BCUT2D eigenvalue weighted by molar-refractivity contribution is 9.10. The van der Waals surface area contributed by atoms with Crippen molar-refractivity contribution in [1.82, 2.24) is 20.0 Å². The number of piperidine rings is 1. The minimum absolute atomic E-state index is 0.0289. The largest absolute Gasteiger partial charge is 0.352 e. The van der Waals surface area contributed by atoms with Crippen molar-refractivity contribution in [1.29, 1.82) is 0 Å². The molecule has 1 aromatic rings. The molecule has 5 nitrogen and oxygen atoms in total. The van der Waals surface area contributed by atoms with Crippen LogP contribution in [0, 0.1) is 6.92 Å². The molecule has 8 heteroatoms. The Kier molecular flexibility index (Phi) is 4.73. The zero-order chi connectivity index (χ0) is 16.7. The van der Waals surface area contributed by atoms with Crippen LogP contribution in [0.3, 0.4) is 0 Å². The Hall–Kier alpha value is -1.02. The van der Waals surface area contributed by atoms with E-state index >= 15 is 0 Å². The number of alkyl halides is 2. The minimum atomic E-state index is -2.66. The number of nitrogens with zero attached hydrogens (tertiary/aromatic N) is 3. The van der Waals surface area contributed by atoms with Gasteiger partial charge >= 0.3 is 0 Å². The first-order valence-electron chi connectivity index (χ1n) is 7.89. The SMILES string of the molecule is Cc1c(Br)c(C(F)F)nn1CC(=O)NC1CC2CCC(C1)N2C. The van der Waals surface area contributed by atoms with E-state index < -0.39 is 6.43 Å². The van der Waals surface area contributed by atoms with Crippen molar-refractivity contribution in [2.75, 3.05) is 7.05 Å². The van der Waals surface area contributed by atoms with Crippen LogP contribution >= 0.6 is 15.9 Å². The Bertz CT molecular complexity index is 593. The number of fused-ring (bicyclic) bond motifs is 2. The van der Waals surface area contributed by atoms with E-state index in [9.17, 15) is 13.6 Å². The van der Waals surface area contributed by atoms with Crippen molar-refractivity contribution in [3.8, 4) is 0 Å². The fourth-order valence-corrected chi connectivity index (χ4v) is 4.24. The van der Waals surface area contributed by atoms with E-state index in [0.29, 0.717) is 17.8 Å². The standard InChI is InChI=1S/C15H21BrF2N4O/c1-8-13(16)14(15(17)18)20-22(8)7-12(23)19-9-5-10-3-4-11(6-9)21(10)2/h9-11,15H,3-7H2,1-2H3,(H,19,23). The van der Waals surface area contributed by atoms with Crippen LogP contribution in [-0.2, 0) is 11.3 Å². The molecule has 0 aromatic carbocycles. The summed E-state index contributed by atoms with van der Waals surface area (Å²) < 4.78 is 27.3. The molecule has 2 fully saturated rings. The van der Waals surface area contributed by atoms with E-state index in [1.807, 2.05) is 0 Å². The van der Waals surface area contributed by atoms with Crippen LogP contribution in [0.1, 0.15) is 43.5 Å². The van der Waals surface area contributed by atoms with E-state index in [1.54, 1.807) is 6.92 Å². The van der Waals surface area contributed by atoms with Crippen LogP contribution in [0.5, 0.6) is 0 Å². The van der Waals surface area contributed by atoms with Gasteiger partial charge in [-0.1, -0.05) is 0 Å².